The van der Waals surface area contributed by atoms with Crippen molar-refractivity contribution in [3.05, 3.63) is 16.0 Å². The molecule has 0 aliphatic heterocycles. The van der Waals surface area contributed by atoms with Crippen molar-refractivity contribution in [2.75, 3.05) is 0 Å². The minimum absolute atomic E-state index is 0. The molecule has 0 rings (SSSR count). The van der Waals surface area contributed by atoms with Crippen LogP contribution in [0.5, 0.6) is 0 Å². The normalized spacial score (nSPS) is 2.00. The third kappa shape index (κ3) is 136. The number of nitrogens with zero attached hydrogens (tertiary/aromatic N) is 3. The van der Waals surface area contributed by atoms with E-state index in [-0.39, 0.29) is 18.6 Å². The van der Waals surface area contributed by atoms with Crippen LogP contribution in [0.3, 0.4) is 0 Å². The van der Waals surface area contributed by atoms with Gasteiger partial charge in [-0.1, -0.05) is 0 Å². The van der Waals surface area contributed by atoms with Gasteiger partial charge < -0.3 is 11.1 Å². The summed E-state index contributed by atoms with van der Waals surface area (Å²) >= 11 is 0. The summed E-state index contributed by atoms with van der Waals surface area (Å²) in [6.07, 6.45) is 0. The van der Waals surface area contributed by atoms with Crippen molar-refractivity contribution >= 4 is 0 Å². The van der Waals surface area contributed by atoms with Gasteiger partial charge in [-0.2, -0.15) is 0 Å². The summed E-state index contributed by atoms with van der Waals surface area (Å²) in [5.74, 6) is 0. The Labute approximate surface area is 35.3 Å². The number of hydrogen-bond acceptors (Lipinski definition) is 0. The van der Waals surface area contributed by atoms with Crippen molar-refractivity contribution in [1.29, 1.82) is 0 Å². The Morgan fingerprint density at radius 2 is 1.25 bits per heavy atom. The van der Waals surface area contributed by atoms with Gasteiger partial charge in [0.2, 0.25) is 0 Å². The molecule has 0 atom stereocenters. The minimum atomic E-state index is 0. The predicted octanol–water partition coefficient (Wildman–Crippen LogP) is 0.864. The van der Waals surface area contributed by atoms with Crippen LogP contribution in [0.1, 0.15) is 0 Å². The summed E-state index contributed by atoms with van der Waals surface area (Å²) in [6, 6.07) is 0. The molecule has 4 heavy (non-hydrogen) atoms. The molecule has 0 fully saturated rings. The van der Waals surface area contributed by atoms with E-state index in [2.05, 4.69) is 0 Å². The maximum absolute atomic E-state index is 6.75. The van der Waals surface area contributed by atoms with Crippen LogP contribution >= 0.6 is 0 Å². The van der Waals surface area contributed by atoms with E-state index in [0.29, 0.717) is 0 Å². The van der Waals surface area contributed by atoms with E-state index in [0.717, 1.165) is 0 Å². The topological polar surface area (TPSA) is 58.7 Å². The first-order chi connectivity index (χ1) is 1.41. The van der Waals surface area contributed by atoms with Crippen molar-refractivity contribution in [2.24, 2.45) is 0 Å². The van der Waals surface area contributed by atoms with Gasteiger partial charge >= 0.3 is 0 Å². The standard InChI is InChI=1S/N3.V/c1-3-2;/q-1;. The molecule has 21 valence electrons. The molecule has 0 aliphatic rings. The minimum Gasteiger partial charge on any atom is -0.373 e. The van der Waals surface area contributed by atoms with Gasteiger partial charge in [-0.15, -0.1) is 0 Å². The largest absolute Gasteiger partial charge is 0.373 e. The molecule has 0 aromatic rings. The van der Waals surface area contributed by atoms with Gasteiger partial charge in [0.25, 0.3) is 0 Å². The van der Waals surface area contributed by atoms with Gasteiger partial charge in [-0.3, -0.25) is 4.91 Å². The van der Waals surface area contributed by atoms with Crippen LogP contribution in [0.15, 0.2) is 0 Å². The second-order valence-electron chi connectivity index (χ2n) is 0.0894. The van der Waals surface area contributed by atoms with Gasteiger partial charge in [0, 0.05) is 18.6 Å². The molecule has 0 spiro atoms. The summed E-state index contributed by atoms with van der Waals surface area (Å²) in [5.41, 5.74) is 13.5. The molecule has 0 heterocycles. The molecule has 0 bridgehead atoms. The van der Waals surface area contributed by atoms with E-state index in [1.165, 1.54) is 4.91 Å². The van der Waals surface area contributed by atoms with Crippen LogP contribution in [0.2, 0.25) is 0 Å². The van der Waals surface area contributed by atoms with Crippen LogP contribution in [0.25, 0.3) is 16.0 Å². The summed E-state index contributed by atoms with van der Waals surface area (Å²) in [4.78, 5) is 1.50. The van der Waals surface area contributed by atoms with Crippen molar-refractivity contribution in [1.82, 2.24) is 0 Å². The Kier molecular flexibility index (Phi) is 29.5. The molecule has 3 nitrogen and oxygen atoms in total. The maximum Gasteiger partial charge on any atom is 0 e. The quantitative estimate of drug-likeness (QED) is 0.242. The first kappa shape index (κ1) is 9.09. The van der Waals surface area contributed by atoms with Crippen LogP contribution in [0, 0.1) is 0 Å². The van der Waals surface area contributed by atoms with E-state index in [9.17, 15) is 0 Å². The molecular weight excluding hydrogens is 93.0 g/mol. The van der Waals surface area contributed by atoms with Gasteiger partial charge in [0.15, 0.2) is 0 Å². The maximum atomic E-state index is 6.75. The van der Waals surface area contributed by atoms with Crippen LogP contribution in [-0.4, -0.2) is 0 Å². The summed E-state index contributed by atoms with van der Waals surface area (Å²) < 4.78 is 0. The Morgan fingerprint density at radius 1 is 1.25 bits per heavy atom. The van der Waals surface area contributed by atoms with Crippen molar-refractivity contribution in [3.8, 4) is 0 Å². The van der Waals surface area contributed by atoms with Gasteiger partial charge in [0.1, 0.15) is 0 Å². The molecule has 0 saturated carbocycles. The van der Waals surface area contributed by atoms with Crippen molar-refractivity contribution in [3.63, 3.8) is 0 Å². The fourth-order valence-corrected chi connectivity index (χ4v) is 0. The molecule has 0 aliphatic carbocycles. The SMILES string of the molecule is [N-]=[N+]=[N-].[V]. The van der Waals surface area contributed by atoms with E-state index >= 15 is 0 Å². The number of hydrogen-bond donors (Lipinski definition) is 0. The monoisotopic (exact) mass is 93.0 g/mol. The zero-order valence-corrected chi connectivity index (χ0v) is 3.19. The zero-order chi connectivity index (χ0) is 2.71. The Bertz CT molecular complexity index is 24.3. The molecule has 0 aromatic heterocycles. The Morgan fingerprint density at radius 3 is 1.25 bits per heavy atom. The third-order valence-electron chi connectivity index (χ3n) is 0. The van der Waals surface area contributed by atoms with Crippen LogP contribution < -0.4 is 0 Å². The van der Waals surface area contributed by atoms with Gasteiger partial charge in [0.05, 0.1) is 0 Å². The molecule has 1 radical (unpaired) electrons. The van der Waals surface area contributed by atoms with Crippen LogP contribution in [0.4, 0.5) is 0 Å². The van der Waals surface area contributed by atoms with Crippen molar-refractivity contribution in [2.45, 2.75) is 0 Å². The second kappa shape index (κ2) is 13.0. The van der Waals surface area contributed by atoms with E-state index in [1.807, 2.05) is 0 Å². The Balaban J connectivity index is 0. The van der Waals surface area contributed by atoms with E-state index in [1.54, 1.807) is 0 Å². The molecular formula is N3V-. The van der Waals surface area contributed by atoms with Crippen LogP contribution in [-0.2, 0) is 18.6 Å². The smallest absolute Gasteiger partial charge is 0 e. The second-order valence-corrected chi connectivity index (χ2v) is 0.0894. The van der Waals surface area contributed by atoms with Gasteiger partial charge in [-0.05, 0) is 0 Å². The first-order valence-electron chi connectivity index (χ1n) is 0.400. The molecule has 0 amide bonds. The molecule has 0 N–H and O–H groups in total. The van der Waals surface area contributed by atoms with E-state index in [4.69, 9.17) is 11.1 Å². The fourth-order valence-electron chi connectivity index (χ4n) is 0. The summed E-state index contributed by atoms with van der Waals surface area (Å²) in [7, 11) is 0. The molecule has 0 aromatic carbocycles. The fraction of sp³-hybridized carbons (Fsp3) is 0. The average Bonchev–Trinajstić information content (AvgIpc) is 0.918. The van der Waals surface area contributed by atoms with Gasteiger partial charge in [-0.25, -0.2) is 0 Å². The molecule has 0 unspecified atom stereocenters. The third-order valence-corrected chi connectivity index (χ3v) is 0. The average molecular weight is 93.0 g/mol. The number of rotatable bonds is 0. The Hall–Kier alpha value is -0.106. The predicted molar refractivity (Wildman–Crippen MR) is 10.1 cm³/mol. The molecule has 4 heteroatoms. The van der Waals surface area contributed by atoms with Crippen molar-refractivity contribution < 1.29 is 18.6 Å². The summed E-state index contributed by atoms with van der Waals surface area (Å²) in [5, 5.41) is 0. The first-order valence-corrected chi connectivity index (χ1v) is 0.400. The van der Waals surface area contributed by atoms with E-state index < -0.39 is 0 Å². The molecule has 0 saturated heterocycles. The zero-order valence-electron chi connectivity index (χ0n) is 1.79. The summed E-state index contributed by atoms with van der Waals surface area (Å²) in [6.45, 7) is 0.